The van der Waals surface area contributed by atoms with Crippen molar-refractivity contribution in [3.05, 3.63) is 70.9 Å². The molecule has 0 N–H and O–H groups in total. The van der Waals surface area contributed by atoms with Crippen LogP contribution in [0.25, 0.3) is 17.0 Å². The molecule has 0 bridgehead atoms. The zero-order chi connectivity index (χ0) is 17.8. The summed E-state index contributed by atoms with van der Waals surface area (Å²) in [5, 5.41) is 1.32. The Kier molecular flexibility index (Phi) is 5.00. The third kappa shape index (κ3) is 3.64. The van der Waals surface area contributed by atoms with Crippen molar-refractivity contribution in [1.82, 2.24) is 4.98 Å². The highest BCUT2D eigenvalue weighted by atomic mass is 35.5. The lowest BCUT2D eigenvalue weighted by Crippen LogP contribution is -1.97. The molecular weight excluding hydrogens is 338 g/mol. The van der Waals surface area contributed by atoms with Crippen molar-refractivity contribution in [3.63, 3.8) is 0 Å². The van der Waals surface area contributed by atoms with Crippen LogP contribution in [0.4, 0.5) is 0 Å². The Labute approximate surface area is 150 Å². The van der Waals surface area contributed by atoms with Gasteiger partial charge in [0.2, 0.25) is 0 Å². The van der Waals surface area contributed by atoms with E-state index in [2.05, 4.69) is 4.98 Å². The standard InChI is InChI=1S/C20H16ClNO3/c1-24-18-10-8-14(12-19(18)25-2)17(23)9-7-15-11-13-5-3-4-6-16(13)22-20(15)21/h3-12H,1-2H3/b9-7+. The number of fused-ring (bicyclic) bond motifs is 1. The summed E-state index contributed by atoms with van der Waals surface area (Å²) in [6.45, 7) is 0. The minimum Gasteiger partial charge on any atom is -0.493 e. The van der Waals surface area contributed by atoms with Gasteiger partial charge in [0, 0.05) is 16.5 Å². The van der Waals surface area contributed by atoms with E-state index >= 15 is 0 Å². The number of carbonyl (C=O) groups excluding carboxylic acids is 1. The molecule has 0 radical (unpaired) electrons. The Morgan fingerprint density at radius 2 is 1.80 bits per heavy atom. The van der Waals surface area contributed by atoms with Gasteiger partial charge in [0.1, 0.15) is 5.15 Å². The number of para-hydroxylation sites is 1. The fourth-order valence-electron chi connectivity index (χ4n) is 2.48. The van der Waals surface area contributed by atoms with Crippen LogP contribution in [0.2, 0.25) is 5.15 Å². The van der Waals surface area contributed by atoms with Crippen LogP contribution in [0, 0.1) is 0 Å². The molecule has 0 saturated heterocycles. The van der Waals surface area contributed by atoms with E-state index in [0.29, 0.717) is 27.8 Å². The highest BCUT2D eigenvalue weighted by Crippen LogP contribution is 2.28. The van der Waals surface area contributed by atoms with Crippen LogP contribution in [0.5, 0.6) is 11.5 Å². The smallest absolute Gasteiger partial charge is 0.185 e. The molecule has 0 atom stereocenters. The van der Waals surface area contributed by atoms with Gasteiger partial charge in [-0.05, 0) is 42.5 Å². The van der Waals surface area contributed by atoms with Gasteiger partial charge in [-0.25, -0.2) is 4.98 Å². The predicted octanol–water partition coefficient (Wildman–Crippen LogP) is 4.80. The van der Waals surface area contributed by atoms with Gasteiger partial charge < -0.3 is 9.47 Å². The first kappa shape index (κ1) is 17.0. The lowest BCUT2D eigenvalue weighted by Gasteiger charge is -2.08. The fourth-order valence-corrected chi connectivity index (χ4v) is 2.69. The number of allylic oxidation sites excluding steroid dienone is 1. The number of pyridine rings is 1. The van der Waals surface area contributed by atoms with E-state index in [9.17, 15) is 4.79 Å². The molecule has 25 heavy (non-hydrogen) atoms. The van der Waals surface area contributed by atoms with Crippen LogP contribution in [0.1, 0.15) is 15.9 Å². The minimum atomic E-state index is -0.162. The number of methoxy groups -OCH3 is 2. The number of rotatable bonds is 5. The SMILES string of the molecule is COc1ccc(C(=O)/C=C/c2cc3ccccc3nc2Cl)cc1OC. The van der Waals surface area contributed by atoms with E-state index in [1.807, 2.05) is 30.3 Å². The normalized spacial score (nSPS) is 11.0. The summed E-state index contributed by atoms with van der Waals surface area (Å²) in [5.41, 5.74) is 2.00. The Hall–Kier alpha value is -2.85. The van der Waals surface area contributed by atoms with Gasteiger partial charge in [-0.15, -0.1) is 0 Å². The summed E-state index contributed by atoms with van der Waals surface area (Å²) >= 11 is 6.21. The number of ketones is 1. The Morgan fingerprint density at radius 3 is 2.56 bits per heavy atom. The maximum atomic E-state index is 12.4. The Bertz CT molecular complexity index is 966. The van der Waals surface area contributed by atoms with E-state index in [1.165, 1.54) is 13.2 Å². The number of hydrogen-bond acceptors (Lipinski definition) is 4. The number of nitrogens with zero attached hydrogens (tertiary/aromatic N) is 1. The maximum Gasteiger partial charge on any atom is 0.185 e. The molecule has 126 valence electrons. The summed E-state index contributed by atoms with van der Waals surface area (Å²) < 4.78 is 10.4. The largest absolute Gasteiger partial charge is 0.493 e. The average Bonchev–Trinajstić information content (AvgIpc) is 2.65. The molecule has 0 aliphatic carbocycles. The third-order valence-electron chi connectivity index (χ3n) is 3.79. The van der Waals surface area contributed by atoms with Crippen LogP contribution in [0.15, 0.2) is 54.6 Å². The summed E-state index contributed by atoms with van der Waals surface area (Å²) in [5.74, 6) is 0.919. The van der Waals surface area contributed by atoms with Gasteiger partial charge in [-0.2, -0.15) is 0 Å². The second-order valence-corrected chi connectivity index (χ2v) is 5.69. The van der Waals surface area contributed by atoms with Crippen LogP contribution >= 0.6 is 11.6 Å². The fraction of sp³-hybridized carbons (Fsp3) is 0.100. The molecule has 0 unspecified atom stereocenters. The molecule has 4 nitrogen and oxygen atoms in total. The molecule has 0 amide bonds. The van der Waals surface area contributed by atoms with E-state index in [4.69, 9.17) is 21.1 Å². The first-order valence-electron chi connectivity index (χ1n) is 7.62. The van der Waals surface area contributed by atoms with Crippen molar-refractivity contribution in [2.45, 2.75) is 0 Å². The van der Waals surface area contributed by atoms with E-state index in [0.717, 1.165) is 10.9 Å². The van der Waals surface area contributed by atoms with Gasteiger partial charge in [0.05, 0.1) is 19.7 Å². The van der Waals surface area contributed by atoms with Crippen molar-refractivity contribution in [1.29, 1.82) is 0 Å². The average molecular weight is 354 g/mol. The molecule has 3 aromatic rings. The van der Waals surface area contributed by atoms with E-state index in [-0.39, 0.29) is 5.78 Å². The lowest BCUT2D eigenvalue weighted by molar-refractivity contribution is 0.104. The second-order valence-electron chi connectivity index (χ2n) is 5.33. The van der Waals surface area contributed by atoms with Crippen molar-refractivity contribution >= 4 is 34.4 Å². The quantitative estimate of drug-likeness (QED) is 0.375. The van der Waals surface area contributed by atoms with E-state index < -0.39 is 0 Å². The summed E-state index contributed by atoms with van der Waals surface area (Å²) in [6.07, 6.45) is 3.14. The second kappa shape index (κ2) is 7.36. The molecule has 0 aliphatic rings. The topological polar surface area (TPSA) is 48.4 Å². The molecule has 0 spiro atoms. The zero-order valence-electron chi connectivity index (χ0n) is 13.8. The van der Waals surface area contributed by atoms with E-state index in [1.54, 1.807) is 31.4 Å². The van der Waals surface area contributed by atoms with Gasteiger partial charge >= 0.3 is 0 Å². The van der Waals surface area contributed by atoms with Crippen LogP contribution in [0.3, 0.4) is 0 Å². The van der Waals surface area contributed by atoms with Crippen molar-refractivity contribution in [3.8, 4) is 11.5 Å². The third-order valence-corrected chi connectivity index (χ3v) is 4.09. The molecular formula is C20H16ClNO3. The summed E-state index contributed by atoms with van der Waals surface area (Å²) in [4.78, 5) is 16.8. The lowest BCUT2D eigenvalue weighted by atomic mass is 10.1. The number of carbonyl (C=O) groups is 1. The highest BCUT2D eigenvalue weighted by Gasteiger charge is 2.09. The molecule has 2 aromatic carbocycles. The molecule has 0 fully saturated rings. The molecule has 0 saturated carbocycles. The minimum absolute atomic E-state index is 0.162. The molecule has 3 rings (SSSR count). The number of ether oxygens (including phenoxy) is 2. The predicted molar refractivity (Wildman–Crippen MR) is 99.7 cm³/mol. The number of benzene rings is 2. The summed E-state index contributed by atoms with van der Waals surface area (Å²) in [6, 6.07) is 14.6. The Morgan fingerprint density at radius 1 is 1.04 bits per heavy atom. The number of aromatic nitrogens is 1. The van der Waals surface area contributed by atoms with Crippen LogP contribution < -0.4 is 9.47 Å². The maximum absolute atomic E-state index is 12.4. The van der Waals surface area contributed by atoms with Gasteiger partial charge in [0.25, 0.3) is 0 Å². The van der Waals surface area contributed by atoms with Crippen molar-refractivity contribution in [2.75, 3.05) is 14.2 Å². The number of hydrogen-bond donors (Lipinski definition) is 0. The van der Waals surface area contributed by atoms with Gasteiger partial charge in [-0.3, -0.25) is 4.79 Å². The van der Waals surface area contributed by atoms with Crippen molar-refractivity contribution < 1.29 is 14.3 Å². The first-order valence-corrected chi connectivity index (χ1v) is 8.00. The van der Waals surface area contributed by atoms with Crippen molar-refractivity contribution in [2.24, 2.45) is 0 Å². The van der Waals surface area contributed by atoms with Crippen LogP contribution in [-0.2, 0) is 0 Å². The molecule has 1 aromatic heterocycles. The first-order chi connectivity index (χ1) is 12.1. The molecule has 1 heterocycles. The van der Waals surface area contributed by atoms with Gasteiger partial charge in [-0.1, -0.05) is 29.8 Å². The molecule has 5 heteroatoms. The highest BCUT2D eigenvalue weighted by molar-refractivity contribution is 6.31. The van der Waals surface area contributed by atoms with Crippen LogP contribution in [-0.4, -0.2) is 25.0 Å². The summed E-state index contributed by atoms with van der Waals surface area (Å²) in [7, 11) is 3.08. The zero-order valence-corrected chi connectivity index (χ0v) is 14.6. The van der Waals surface area contributed by atoms with Gasteiger partial charge in [0.15, 0.2) is 17.3 Å². The molecule has 0 aliphatic heterocycles. The Balaban J connectivity index is 1.89. The monoisotopic (exact) mass is 353 g/mol. The number of halogens is 1.